The van der Waals surface area contributed by atoms with E-state index < -0.39 is 0 Å². The van der Waals surface area contributed by atoms with Crippen LogP contribution in [-0.2, 0) is 0 Å². The van der Waals surface area contributed by atoms with Gasteiger partial charge < -0.3 is 5.21 Å². The Kier molecular flexibility index (Phi) is 6.79. The fourth-order valence-electron chi connectivity index (χ4n) is 1.10. The molecule has 0 amide bonds. The van der Waals surface area contributed by atoms with Crippen LogP contribution >= 0.6 is 0 Å². The second kappa shape index (κ2) is 7.59. The molecule has 16 heavy (non-hydrogen) atoms. The summed E-state index contributed by atoms with van der Waals surface area (Å²) < 4.78 is 1.56. The Balaban J connectivity index is 0.000000509. The normalized spacial score (nSPS) is 11.8. The zero-order valence-electron chi connectivity index (χ0n) is 10.3. The van der Waals surface area contributed by atoms with Crippen LogP contribution in [0.3, 0.4) is 0 Å². The molecule has 4 heteroatoms. The first-order valence-corrected chi connectivity index (χ1v) is 5.49. The summed E-state index contributed by atoms with van der Waals surface area (Å²) in [7, 11) is 0. The van der Waals surface area contributed by atoms with E-state index in [1.165, 1.54) is 6.34 Å². The van der Waals surface area contributed by atoms with Crippen LogP contribution in [0.5, 0.6) is 0 Å². The lowest BCUT2D eigenvalue weighted by molar-refractivity contribution is -0.284. The molecule has 0 spiro atoms. The van der Waals surface area contributed by atoms with E-state index in [0.29, 0.717) is 10.9 Å². The second-order valence-electron chi connectivity index (χ2n) is 2.46. The molecule has 0 bridgehead atoms. The van der Waals surface area contributed by atoms with Crippen molar-refractivity contribution >= 4 is 24.4 Å². The van der Waals surface area contributed by atoms with Crippen LogP contribution in [0.1, 0.15) is 27.7 Å². The van der Waals surface area contributed by atoms with Crippen LogP contribution in [0, 0.1) is 5.21 Å². The van der Waals surface area contributed by atoms with E-state index in [4.69, 9.17) is 0 Å². The smallest absolute Gasteiger partial charge is 0.315 e. The average Bonchev–Trinajstić information content (AvgIpc) is 2.39. The monoisotopic (exact) mass is 221 g/mol. The Labute approximate surface area is 97.1 Å². The van der Waals surface area contributed by atoms with Crippen molar-refractivity contribution < 1.29 is 4.58 Å². The van der Waals surface area contributed by atoms with Gasteiger partial charge in [-0.15, -0.1) is 0 Å². The lowest BCUT2D eigenvalue weighted by Gasteiger charge is -2.21. The van der Waals surface area contributed by atoms with Crippen molar-refractivity contribution in [2.75, 3.05) is 5.17 Å². The maximum Gasteiger partial charge on any atom is 0.315 e. The largest absolute Gasteiger partial charge is 0.718 e. The highest BCUT2D eigenvalue weighted by molar-refractivity contribution is 5.72. The van der Waals surface area contributed by atoms with Gasteiger partial charge in [0, 0.05) is 5.10 Å². The number of nitrogens with zero attached hydrogens (tertiary/aromatic N) is 3. The molecule has 0 aromatic heterocycles. The van der Waals surface area contributed by atoms with E-state index in [2.05, 4.69) is 11.8 Å². The van der Waals surface area contributed by atoms with Crippen molar-refractivity contribution in [2.45, 2.75) is 27.7 Å². The Morgan fingerprint density at radius 1 is 1.19 bits per heavy atom. The molecule has 0 saturated heterocycles. The van der Waals surface area contributed by atoms with Crippen LogP contribution in [0.25, 0.3) is 0 Å². The Morgan fingerprint density at radius 3 is 2.31 bits per heavy atom. The summed E-state index contributed by atoms with van der Waals surface area (Å²) in [5.41, 5.74) is 1.29. The van der Waals surface area contributed by atoms with Crippen molar-refractivity contribution in [1.82, 2.24) is 0 Å². The van der Waals surface area contributed by atoms with Gasteiger partial charge in [-0.3, -0.25) is 0 Å². The lowest BCUT2D eigenvalue weighted by atomic mass is 10.2. The predicted molar refractivity (Wildman–Crippen MR) is 70.5 cm³/mol. The van der Waals surface area contributed by atoms with Gasteiger partial charge in [-0.2, -0.15) is 0 Å². The molecular formula is C12H19N3O. The molecule has 4 nitrogen and oxygen atoms in total. The molecule has 0 saturated carbocycles. The number of benzene rings is 1. The number of fused-ring (bicyclic) bond motifs is 1. The Hall–Kier alpha value is -1.68. The van der Waals surface area contributed by atoms with Crippen molar-refractivity contribution in [3.05, 3.63) is 29.5 Å². The maximum atomic E-state index is 11.1. The van der Waals surface area contributed by atoms with Gasteiger partial charge in [0.1, 0.15) is 5.69 Å². The first-order valence-electron chi connectivity index (χ1n) is 5.49. The number of para-hydroxylation sites is 2. The van der Waals surface area contributed by atoms with Crippen LogP contribution in [-0.4, -0.2) is 17.6 Å². The summed E-state index contributed by atoms with van der Waals surface area (Å²) in [5, 5.41) is 15.2. The molecule has 0 fully saturated rings. The van der Waals surface area contributed by atoms with Crippen LogP contribution in [0.15, 0.2) is 29.4 Å². The van der Waals surface area contributed by atoms with Crippen LogP contribution in [0.2, 0.25) is 0 Å². The van der Waals surface area contributed by atoms with Gasteiger partial charge in [0.15, 0.2) is 5.69 Å². The molecule has 0 N–H and O–H groups in total. The summed E-state index contributed by atoms with van der Waals surface area (Å²) in [6, 6.07) is 7.16. The standard InChI is InChI=1S/C8H7N3O.2C2H6/c1-10-6-9-11(12)8-5-3-2-4-7(8)10;2*1-2/h2-6H,1H2;2*1-2H3. The first kappa shape index (κ1) is 14.3. The van der Waals surface area contributed by atoms with E-state index in [1.807, 2.05) is 39.8 Å². The van der Waals surface area contributed by atoms with E-state index in [1.54, 1.807) is 16.7 Å². The van der Waals surface area contributed by atoms with Gasteiger partial charge in [-0.05, 0) is 12.1 Å². The number of rotatable bonds is 0. The highest BCUT2D eigenvalue weighted by atomic mass is 16.5. The summed E-state index contributed by atoms with van der Waals surface area (Å²) in [4.78, 5) is 0. The topological polar surface area (TPSA) is 41.7 Å². The fraction of sp³-hybridized carbons (Fsp3) is 0.333. The van der Waals surface area contributed by atoms with Gasteiger partial charge in [0.2, 0.25) is 0 Å². The van der Waals surface area contributed by atoms with Gasteiger partial charge in [-0.25, -0.2) is 9.75 Å². The van der Waals surface area contributed by atoms with Gasteiger partial charge >= 0.3 is 6.34 Å². The first-order chi connectivity index (χ1) is 7.79. The van der Waals surface area contributed by atoms with Crippen LogP contribution in [0.4, 0.5) is 11.4 Å². The number of hydrazone groups is 1. The highest BCUT2D eigenvalue weighted by Gasteiger charge is 2.15. The van der Waals surface area contributed by atoms with E-state index in [9.17, 15) is 5.21 Å². The third-order valence-corrected chi connectivity index (χ3v) is 1.69. The number of hydrogen-bond acceptors (Lipinski definition) is 3. The zero-order chi connectivity index (χ0) is 12.6. The SMILES string of the molecule is C=[N+]1C=NN([O-])c2ccccc21.CC.CC. The minimum Gasteiger partial charge on any atom is -0.718 e. The fourth-order valence-corrected chi connectivity index (χ4v) is 1.10. The molecule has 0 atom stereocenters. The maximum absolute atomic E-state index is 11.1. The van der Waals surface area contributed by atoms with E-state index >= 15 is 0 Å². The van der Waals surface area contributed by atoms with Gasteiger partial charge in [0.05, 0.1) is 6.72 Å². The molecule has 0 radical (unpaired) electrons. The minimum atomic E-state index is 0.523. The number of hydrogen-bond donors (Lipinski definition) is 0. The quantitative estimate of drug-likeness (QED) is 0.630. The summed E-state index contributed by atoms with van der Waals surface area (Å²) >= 11 is 0. The van der Waals surface area contributed by atoms with Gasteiger partial charge in [-0.1, -0.05) is 39.8 Å². The van der Waals surface area contributed by atoms with E-state index in [-0.39, 0.29) is 0 Å². The molecule has 0 aliphatic carbocycles. The van der Waals surface area contributed by atoms with Crippen molar-refractivity contribution in [1.29, 1.82) is 0 Å². The molecular weight excluding hydrogens is 202 g/mol. The molecule has 88 valence electrons. The zero-order valence-corrected chi connectivity index (χ0v) is 10.3. The molecule has 2 rings (SSSR count). The Bertz CT molecular complexity index is 361. The molecule has 0 unspecified atom stereocenters. The van der Waals surface area contributed by atoms with E-state index in [0.717, 1.165) is 5.69 Å². The lowest BCUT2D eigenvalue weighted by Crippen LogP contribution is -2.17. The molecule has 1 aromatic rings. The third kappa shape index (κ3) is 3.17. The van der Waals surface area contributed by atoms with Crippen molar-refractivity contribution in [2.24, 2.45) is 5.10 Å². The van der Waals surface area contributed by atoms with Crippen LogP contribution < -0.4 is 5.17 Å². The predicted octanol–water partition coefficient (Wildman–Crippen LogP) is 3.34. The van der Waals surface area contributed by atoms with Crippen molar-refractivity contribution in [3.63, 3.8) is 0 Å². The molecule has 1 aromatic carbocycles. The summed E-state index contributed by atoms with van der Waals surface area (Å²) in [5.74, 6) is 0. The summed E-state index contributed by atoms with van der Waals surface area (Å²) in [6.07, 6.45) is 1.38. The van der Waals surface area contributed by atoms with Gasteiger partial charge in [0.25, 0.3) is 0 Å². The average molecular weight is 221 g/mol. The second-order valence-corrected chi connectivity index (χ2v) is 2.46. The molecule has 1 heterocycles. The summed E-state index contributed by atoms with van der Waals surface area (Å²) in [6.45, 7) is 11.7. The highest BCUT2D eigenvalue weighted by Crippen LogP contribution is 2.28. The van der Waals surface area contributed by atoms with Crippen molar-refractivity contribution in [3.8, 4) is 0 Å². The molecule has 1 aliphatic rings. The minimum absolute atomic E-state index is 0.523. The number of anilines is 1. The Morgan fingerprint density at radius 2 is 1.75 bits per heavy atom. The molecule has 1 aliphatic heterocycles. The third-order valence-electron chi connectivity index (χ3n) is 1.69.